The number of hydrogen-bond acceptors (Lipinski definition) is 6. The SMILES string of the molecule is CC(=O)C1CCC2[C@@H]3CCC4=CC(=NOCC(=O)NC(C(=O)O)C(C)O)CC[C@]4(C)C3CC[C@]12C. The van der Waals surface area contributed by atoms with E-state index in [4.69, 9.17) is 9.94 Å². The number of allylic oxidation sites excluding steroid dienone is 2. The van der Waals surface area contributed by atoms with E-state index in [1.54, 1.807) is 6.92 Å². The lowest BCUT2D eigenvalue weighted by atomic mass is 9.46. The molecule has 3 N–H and O–H groups in total. The van der Waals surface area contributed by atoms with Gasteiger partial charge in [0, 0.05) is 5.92 Å². The number of ketones is 1. The van der Waals surface area contributed by atoms with Crippen molar-refractivity contribution in [1.29, 1.82) is 0 Å². The molecule has 0 saturated heterocycles. The minimum absolute atomic E-state index is 0.140. The van der Waals surface area contributed by atoms with Crippen molar-refractivity contribution in [2.24, 2.45) is 39.7 Å². The van der Waals surface area contributed by atoms with E-state index in [0.717, 1.165) is 44.2 Å². The van der Waals surface area contributed by atoms with Crippen molar-refractivity contribution in [2.75, 3.05) is 6.61 Å². The van der Waals surface area contributed by atoms with Gasteiger partial charge in [0.05, 0.1) is 11.8 Å². The van der Waals surface area contributed by atoms with Gasteiger partial charge in [-0.2, -0.15) is 0 Å². The Morgan fingerprint density at radius 2 is 1.89 bits per heavy atom. The summed E-state index contributed by atoms with van der Waals surface area (Å²) in [6.45, 7) is 7.46. The lowest BCUT2D eigenvalue weighted by Gasteiger charge is -2.58. The maximum Gasteiger partial charge on any atom is 0.328 e. The Balaban J connectivity index is 1.40. The van der Waals surface area contributed by atoms with Crippen LogP contribution < -0.4 is 5.32 Å². The molecule has 0 heterocycles. The third-order valence-electron chi connectivity index (χ3n) is 9.91. The van der Waals surface area contributed by atoms with Crippen LogP contribution >= 0.6 is 0 Å². The monoisotopic (exact) mass is 488 g/mol. The van der Waals surface area contributed by atoms with Gasteiger partial charge in [-0.25, -0.2) is 4.79 Å². The highest BCUT2D eigenvalue weighted by molar-refractivity contribution is 5.96. The van der Waals surface area contributed by atoms with Gasteiger partial charge in [0.2, 0.25) is 0 Å². The Labute approximate surface area is 207 Å². The van der Waals surface area contributed by atoms with Crippen LogP contribution in [0.15, 0.2) is 16.8 Å². The molecule has 0 spiro atoms. The number of aliphatic carboxylic acids is 1. The second-order valence-corrected chi connectivity index (χ2v) is 11.8. The van der Waals surface area contributed by atoms with Crippen molar-refractivity contribution in [3.05, 3.63) is 11.6 Å². The van der Waals surface area contributed by atoms with Crippen LogP contribution in [-0.2, 0) is 19.2 Å². The average Bonchev–Trinajstić information content (AvgIpc) is 3.14. The van der Waals surface area contributed by atoms with Crippen LogP contribution in [0.25, 0.3) is 0 Å². The summed E-state index contributed by atoms with van der Waals surface area (Å²) in [6.07, 6.45) is 9.42. The molecular weight excluding hydrogens is 448 g/mol. The predicted octanol–water partition coefficient (Wildman–Crippen LogP) is 3.48. The number of hydrogen-bond donors (Lipinski definition) is 3. The summed E-state index contributed by atoms with van der Waals surface area (Å²) in [5.74, 6) is 0.604. The first-order chi connectivity index (χ1) is 16.5. The number of oxime groups is 1. The van der Waals surface area contributed by atoms with Crippen molar-refractivity contribution in [3.8, 4) is 0 Å². The third-order valence-corrected chi connectivity index (χ3v) is 9.91. The summed E-state index contributed by atoms with van der Waals surface area (Å²) in [7, 11) is 0. The zero-order valence-corrected chi connectivity index (χ0v) is 21.4. The van der Waals surface area contributed by atoms with Crippen LogP contribution in [-0.4, -0.2) is 52.3 Å². The molecule has 194 valence electrons. The topological polar surface area (TPSA) is 125 Å². The maximum atomic E-state index is 12.3. The molecule has 35 heavy (non-hydrogen) atoms. The largest absolute Gasteiger partial charge is 0.480 e. The number of rotatable bonds is 7. The maximum absolute atomic E-state index is 12.3. The fourth-order valence-corrected chi connectivity index (χ4v) is 8.09. The molecule has 0 aromatic rings. The molecular formula is C27H40N2O6. The van der Waals surface area contributed by atoms with E-state index in [9.17, 15) is 19.5 Å². The minimum atomic E-state index is -1.38. The normalized spacial score (nSPS) is 38.9. The molecule has 4 rings (SSSR count). The first-order valence-electron chi connectivity index (χ1n) is 13.1. The number of Topliss-reactive ketones (excluding diaryl/α,β-unsaturated/α-hetero) is 1. The molecule has 8 atom stereocenters. The number of carboxylic acid groups (broad SMARTS) is 1. The Kier molecular flexibility index (Phi) is 7.15. The van der Waals surface area contributed by atoms with Gasteiger partial charge in [-0.1, -0.05) is 24.6 Å². The molecule has 3 fully saturated rings. The zero-order chi connectivity index (χ0) is 25.5. The number of carbonyl (C=O) groups is 3. The first kappa shape index (κ1) is 25.9. The number of nitrogens with zero attached hydrogens (tertiary/aromatic N) is 1. The summed E-state index contributed by atoms with van der Waals surface area (Å²) < 4.78 is 0. The molecule has 0 aromatic carbocycles. The molecule has 0 aromatic heterocycles. The summed E-state index contributed by atoms with van der Waals surface area (Å²) in [5, 5.41) is 25.0. The molecule has 1 amide bonds. The van der Waals surface area contributed by atoms with Gasteiger partial charge in [-0.05, 0) is 99.9 Å². The van der Waals surface area contributed by atoms with Gasteiger partial charge in [-0.15, -0.1) is 0 Å². The molecule has 4 aliphatic carbocycles. The number of carboxylic acids is 1. The Morgan fingerprint density at radius 3 is 2.54 bits per heavy atom. The number of carbonyl (C=O) groups excluding carboxylic acids is 2. The van der Waals surface area contributed by atoms with E-state index in [-0.39, 0.29) is 16.7 Å². The molecule has 5 unspecified atom stereocenters. The summed E-state index contributed by atoms with van der Waals surface area (Å²) in [5.41, 5.74) is 2.53. The molecule has 0 aliphatic heterocycles. The second-order valence-electron chi connectivity index (χ2n) is 11.8. The van der Waals surface area contributed by atoms with Crippen molar-refractivity contribution < 1.29 is 29.4 Å². The Bertz CT molecular complexity index is 942. The smallest absolute Gasteiger partial charge is 0.328 e. The first-order valence-corrected chi connectivity index (χ1v) is 13.1. The quantitative estimate of drug-likeness (QED) is 0.471. The predicted molar refractivity (Wildman–Crippen MR) is 131 cm³/mol. The number of fused-ring (bicyclic) bond motifs is 5. The number of aliphatic hydroxyl groups excluding tert-OH is 1. The van der Waals surface area contributed by atoms with E-state index >= 15 is 0 Å². The standard InChI is InChI=1S/C27H40N2O6/c1-15(30)20-7-8-21-19-6-5-17-13-18(9-11-26(17,3)22(19)10-12-27(20,21)4)29-35-14-23(32)28-24(16(2)31)25(33)34/h13,16,19-22,24,31H,5-12,14H2,1-4H3,(H,28,32)(H,33,34)/t16?,19-,20?,21?,22?,24?,26-,27+/m0/s1. The van der Waals surface area contributed by atoms with Gasteiger partial charge in [0.15, 0.2) is 12.6 Å². The molecule has 8 heteroatoms. The second kappa shape index (κ2) is 9.68. The highest BCUT2D eigenvalue weighted by Gasteiger charge is 2.59. The van der Waals surface area contributed by atoms with E-state index in [2.05, 4.69) is 30.4 Å². The summed E-state index contributed by atoms with van der Waals surface area (Å²) >= 11 is 0. The van der Waals surface area contributed by atoms with Crippen LogP contribution in [0.1, 0.15) is 79.1 Å². The summed E-state index contributed by atoms with van der Waals surface area (Å²) in [4.78, 5) is 40.7. The molecule has 8 nitrogen and oxygen atoms in total. The fraction of sp³-hybridized carbons (Fsp3) is 0.778. The van der Waals surface area contributed by atoms with E-state index in [1.165, 1.54) is 25.3 Å². The van der Waals surface area contributed by atoms with Crippen molar-refractivity contribution in [3.63, 3.8) is 0 Å². The van der Waals surface area contributed by atoms with Gasteiger partial charge in [0.25, 0.3) is 5.91 Å². The molecule has 3 saturated carbocycles. The highest BCUT2D eigenvalue weighted by atomic mass is 16.6. The highest BCUT2D eigenvalue weighted by Crippen LogP contribution is 2.66. The summed E-state index contributed by atoms with van der Waals surface area (Å²) in [6, 6.07) is -1.38. The van der Waals surface area contributed by atoms with Crippen molar-refractivity contribution in [2.45, 2.75) is 91.2 Å². The number of aliphatic hydroxyl groups is 1. The lowest BCUT2D eigenvalue weighted by molar-refractivity contribution is -0.145. The van der Waals surface area contributed by atoms with Gasteiger partial charge in [0.1, 0.15) is 5.78 Å². The third kappa shape index (κ3) is 4.66. The molecule has 0 radical (unpaired) electrons. The Hall–Kier alpha value is -2.22. The average molecular weight is 489 g/mol. The van der Waals surface area contributed by atoms with Gasteiger partial charge >= 0.3 is 5.97 Å². The molecule has 4 aliphatic rings. The van der Waals surface area contributed by atoms with E-state index < -0.39 is 30.6 Å². The van der Waals surface area contributed by atoms with Crippen molar-refractivity contribution in [1.82, 2.24) is 5.32 Å². The number of nitrogens with one attached hydrogen (secondary N) is 1. The zero-order valence-electron chi connectivity index (χ0n) is 21.4. The van der Waals surface area contributed by atoms with Gasteiger partial charge < -0.3 is 20.4 Å². The van der Waals surface area contributed by atoms with Crippen LogP contribution in [0.3, 0.4) is 0 Å². The fourth-order valence-electron chi connectivity index (χ4n) is 8.09. The number of amides is 1. The Morgan fingerprint density at radius 1 is 1.14 bits per heavy atom. The van der Waals surface area contributed by atoms with Crippen LogP contribution in [0.5, 0.6) is 0 Å². The van der Waals surface area contributed by atoms with Crippen LogP contribution in [0.4, 0.5) is 0 Å². The molecule has 0 bridgehead atoms. The minimum Gasteiger partial charge on any atom is -0.480 e. The van der Waals surface area contributed by atoms with Gasteiger partial charge in [-0.3, -0.25) is 9.59 Å². The van der Waals surface area contributed by atoms with Crippen LogP contribution in [0.2, 0.25) is 0 Å². The van der Waals surface area contributed by atoms with E-state index in [1.807, 2.05) is 0 Å². The van der Waals surface area contributed by atoms with Crippen molar-refractivity contribution >= 4 is 23.4 Å². The van der Waals surface area contributed by atoms with Crippen LogP contribution in [0, 0.1) is 34.5 Å². The lowest BCUT2D eigenvalue weighted by Crippen LogP contribution is -2.51. The van der Waals surface area contributed by atoms with E-state index in [0.29, 0.717) is 23.5 Å².